The number of hydrogen-bond acceptors (Lipinski definition) is 4. The third-order valence-corrected chi connectivity index (χ3v) is 5.34. The molecule has 2 unspecified atom stereocenters. The van der Waals surface area contributed by atoms with E-state index in [4.69, 9.17) is 5.11 Å². The van der Waals surface area contributed by atoms with Crippen LogP contribution in [0.15, 0.2) is 17.6 Å². The molecule has 1 fully saturated rings. The molecule has 0 radical (unpaired) electrons. The minimum atomic E-state index is -0.791. The highest BCUT2D eigenvalue weighted by atomic mass is 32.2. The van der Waals surface area contributed by atoms with Crippen LogP contribution < -0.4 is 0 Å². The summed E-state index contributed by atoms with van der Waals surface area (Å²) in [5.74, 6) is -0.712. The van der Waals surface area contributed by atoms with Gasteiger partial charge in [0.05, 0.1) is 5.75 Å². The summed E-state index contributed by atoms with van der Waals surface area (Å²) in [5.41, 5.74) is 0. The molecule has 0 bridgehead atoms. The Bertz CT molecular complexity index is 409. The largest absolute Gasteiger partial charge is 0.481 e. The molecule has 100 valence electrons. The number of rotatable bonds is 5. The molecule has 1 aromatic heterocycles. The number of carboxylic acid groups (broad SMARTS) is 1. The quantitative estimate of drug-likeness (QED) is 0.843. The zero-order valence-corrected chi connectivity index (χ0v) is 12.0. The molecule has 2 atom stereocenters. The lowest BCUT2D eigenvalue weighted by Gasteiger charge is -2.29. The number of aromatic nitrogens is 2. The van der Waals surface area contributed by atoms with E-state index in [1.165, 1.54) is 31.0 Å². The average Bonchev–Trinajstić information content (AvgIpc) is 2.84. The highest BCUT2D eigenvalue weighted by molar-refractivity contribution is 7.99. The minimum absolute atomic E-state index is 0.0791. The van der Waals surface area contributed by atoms with E-state index in [9.17, 15) is 4.79 Å². The van der Waals surface area contributed by atoms with E-state index in [0.717, 1.165) is 16.8 Å². The molecule has 0 amide bonds. The molecule has 1 aromatic rings. The number of carboxylic acids is 1. The number of imidazole rings is 1. The van der Waals surface area contributed by atoms with Gasteiger partial charge in [-0.1, -0.05) is 18.2 Å². The van der Waals surface area contributed by atoms with Crippen LogP contribution in [0, 0.1) is 0 Å². The summed E-state index contributed by atoms with van der Waals surface area (Å²) in [6, 6.07) is 0.481. The molecule has 1 heterocycles. The van der Waals surface area contributed by atoms with Crippen molar-refractivity contribution in [2.24, 2.45) is 0 Å². The normalized spacial score (nSPS) is 24.1. The fourth-order valence-electron chi connectivity index (χ4n) is 2.40. The number of thioether (sulfide) groups is 2. The molecule has 0 aliphatic heterocycles. The first kappa shape index (κ1) is 13.8. The summed E-state index contributed by atoms with van der Waals surface area (Å²) < 4.78 is 2.16. The molecule has 6 heteroatoms. The zero-order valence-electron chi connectivity index (χ0n) is 10.4. The fourth-order valence-corrected chi connectivity index (χ4v) is 3.97. The molecule has 1 N–H and O–H groups in total. The van der Waals surface area contributed by atoms with E-state index in [1.807, 2.05) is 18.0 Å². The van der Waals surface area contributed by atoms with Crippen LogP contribution in [0.25, 0.3) is 0 Å². The van der Waals surface area contributed by atoms with Crippen molar-refractivity contribution in [2.45, 2.75) is 42.1 Å². The van der Waals surface area contributed by atoms with Gasteiger partial charge in [0.25, 0.3) is 0 Å². The molecule has 1 aliphatic carbocycles. The third-order valence-electron chi connectivity index (χ3n) is 3.28. The van der Waals surface area contributed by atoms with Crippen LogP contribution in [-0.4, -0.2) is 37.9 Å². The summed E-state index contributed by atoms with van der Waals surface area (Å²) in [7, 11) is 0. The van der Waals surface area contributed by atoms with Gasteiger partial charge in [-0.3, -0.25) is 4.79 Å². The van der Waals surface area contributed by atoms with Gasteiger partial charge in [-0.2, -0.15) is 11.8 Å². The van der Waals surface area contributed by atoms with Gasteiger partial charge >= 0.3 is 5.97 Å². The van der Waals surface area contributed by atoms with Crippen LogP contribution in [-0.2, 0) is 4.79 Å². The first-order valence-corrected chi connectivity index (χ1v) is 8.38. The second-order valence-corrected chi connectivity index (χ2v) is 6.56. The first-order valence-electron chi connectivity index (χ1n) is 6.11. The summed E-state index contributed by atoms with van der Waals surface area (Å²) >= 11 is 3.25. The van der Waals surface area contributed by atoms with E-state index in [-0.39, 0.29) is 5.75 Å². The summed E-state index contributed by atoms with van der Waals surface area (Å²) in [6.07, 6.45) is 10.8. The molecule has 2 rings (SSSR count). The average molecular weight is 286 g/mol. The van der Waals surface area contributed by atoms with E-state index >= 15 is 0 Å². The van der Waals surface area contributed by atoms with Crippen molar-refractivity contribution < 1.29 is 9.90 Å². The predicted octanol–water partition coefficient (Wildman–Crippen LogP) is 2.91. The summed E-state index contributed by atoms with van der Waals surface area (Å²) in [6.45, 7) is 0. The molecular weight excluding hydrogens is 268 g/mol. The van der Waals surface area contributed by atoms with Gasteiger partial charge in [0.2, 0.25) is 0 Å². The Morgan fingerprint density at radius 1 is 1.61 bits per heavy atom. The van der Waals surface area contributed by atoms with Gasteiger partial charge in [0, 0.05) is 23.7 Å². The number of hydrogen-bond donors (Lipinski definition) is 1. The second kappa shape index (κ2) is 6.52. The van der Waals surface area contributed by atoms with Crippen molar-refractivity contribution in [1.82, 2.24) is 9.55 Å². The highest BCUT2D eigenvalue weighted by Gasteiger charge is 2.24. The van der Waals surface area contributed by atoms with Gasteiger partial charge in [0.15, 0.2) is 5.16 Å². The maximum atomic E-state index is 10.6. The lowest BCUT2D eigenvalue weighted by Crippen LogP contribution is -2.21. The van der Waals surface area contributed by atoms with Crippen LogP contribution in [0.2, 0.25) is 0 Å². The van der Waals surface area contributed by atoms with Crippen molar-refractivity contribution in [1.29, 1.82) is 0 Å². The lowest BCUT2D eigenvalue weighted by atomic mass is 9.95. The first-order chi connectivity index (χ1) is 8.70. The van der Waals surface area contributed by atoms with Crippen LogP contribution in [0.4, 0.5) is 0 Å². The van der Waals surface area contributed by atoms with Gasteiger partial charge in [-0.05, 0) is 25.5 Å². The highest BCUT2D eigenvalue weighted by Crippen LogP contribution is 2.35. The zero-order chi connectivity index (χ0) is 13.0. The van der Waals surface area contributed by atoms with Gasteiger partial charge in [-0.15, -0.1) is 0 Å². The Morgan fingerprint density at radius 2 is 2.44 bits per heavy atom. The van der Waals surface area contributed by atoms with Crippen molar-refractivity contribution in [2.75, 3.05) is 12.0 Å². The summed E-state index contributed by atoms with van der Waals surface area (Å²) in [5, 5.41) is 10.3. The van der Waals surface area contributed by atoms with E-state index in [2.05, 4.69) is 15.8 Å². The summed E-state index contributed by atoms with van der Waals surface area (Å²) in [4.78, 5) is 14.9. The van der Waals surface area contributed by atoms with Crippen molar-refractivity contribution >= 4 is 29.5 Å². The van der Waals surface area contributed by atoms with E-state index in [1.54, 1.807) is 6.20 Å². The molecule has 0 spiro atoms. The van der Waals surface area contributed by atoms with Crippen molar-refractivity contribution in [3.63, 3.8) is 0 Å². The van der Waals surface area contributed by atoms with E-state index < -0.39 is 5.97 Å². The fraction of sp³-hybridized carbons (Fsp3) is 0.667. The lowest BCUT2D eigenvalue weighted by molar-refractivity contribution is -0.133. The molecule has 1 saturated carbocycles. The minimum Gasteiger partial charge on any atom is -0.481 e. The Balaban J connectivity index is 2.03. The van der Waals surface area contributed by atoms with Crippen LogP contribution >= 0.6 is 23.5 Å². The van der Waals surface area contributed by atoms with Gasteiger partial charge in [0.1, 0.15) is 0 Å². The maximum absolute atomic E-state index is 10.6. The number of carbonyl (C=O) groups is 1. The van der Waals surface area contributed by atoms with Crippen LogP contribution in [0.5, 0.6) is 0 Å². The second-order valence-electron chi connectivity index (χ2n) is 4.48. The Morgan fingerprint density at radius 3 is 3.17 bits per heavy atom. The third kappa shape index (κ3) is 3.45. The Hall–Kier alpha value is -0.620. The molecule has 1 aliphatic rings. The molecule has 4 nitrogen and oxygen atoms in total. The van der Waals surface area contributed by atoms with Crippen molar-refractivity contribution in [3.8, 4) is 0 Å². The topological polar surface area (TPSA) is 55.1 Å². The molecule has 0 aromatic carbocycles. The van der Waals surface area contributed by atoms with Crippen LogP contribution in [0.3, 0.4) is 0 Å². The SMILES string of the molecule is CSC1CCCC(n2ccnc2SCC(=O)O)C1. The Labute approximate surface area is 116 Å². The van der Waals surface area contributed by atoms with E-state index in [0.29, 0.717) is 6.04 Å². The van der Waals surface area contributed by atoms with Gasteiger partial charge < -0.3 is 9.67 Å². The van der Waals surface area contributed by atoms with Crippen LogP contribution in [0.1, 0.15) is 31.7 Å². The van der Waals surface area contributed by atoms with Gasteiger partial charge in [-0.25, -0.2) is 4.98 Å². The molecular formula is C12H18N2O2S2. The smallest absolute Gasteiger partial charge is 0.313 e. The standard InChI is InChI=1S/C12H18N2O2S2/c1-17-10-4-2-3-9(7-10)14-6-5-13-12(14)18-8-11(15)16/h5-6,9-10H,2-4,7-8H2,1H3,(H,15,16). The van der Waals surface area contributed by atoms with Crippen molar-refractivity contribution in [3.05, 3.63) is 12.4 Å². The molecule has 18 heavy (non-hydrogen) atoms. The molecule has 0 saturated heterocycles. The number of aliphatic carboxylic acids is 1. The monoisotopic (exact) mass is 286 g/mol. The predicted molar refractivity (Wildman–Crippen MR) is 75.4 cm³/mol. The number of nitrogens with zero attached hydrogens (tertiary/aromatic N) is 2. The Kier molecular flexibility index (Phi) is 5.00. The maximum Gasteiger partial charge on any atom is 0.313 e.